The first-order valence-electron chi connectivity index (χ1n) is 10.2. The van der Waals surface area contributed by atoms with Crippen LogP contribution in [-0.2, 0) is 12.7 Å². The molecule has 4 rings (SSSR count). The van der Waals surface area contributed by atoms with E-state index in [-0.39, 0.29) is 5.69 Å². The summed E-state index contributed by atoms with van der Waals surface area (Å²) >= 11 is 1.55. The van der Waals surface area contributed by atoms with Crippen LogP contribution in [0.2, 0.25) is 0 Å². The zero-order valence-electron chi connectivity index (χ0n) is 17.7. The fourth-order valence-electron chi connectivity index (χ4n) is 3.74. The lowest BCUT2D eigenvalue weighted by atomic mass is 10.1. The van der Waals surface area contributed by atoms with Crippen LogP contribution in [0, 0.1) is 10.1 Å². The van der Waals surface area contributed by atoms with Crippen LogP contribution in [0.5, 0.6) is 5.75 Å². The summed E-state index contributed by atoms with van der Waals surface area (Å²) < 4.78 is 44.0. The van der Waals surface area contributed by atoms with Gasteiger partial charge in [-0.25, -0.2) is 4.98 Å². The molecule has 0 spiro atoms. The van der Waals surface area contributed by atoms with Gasteiger partial charge in [0.2, 0.25) is 0 Å². The molecule has 1 aliphatic heterocycles. The predicted molar refractivity (Wildman–Crippen MR) is 120 cm³/mol. The Kier molecular flexibility index (Phi) is 6.52. The molecule has 0 radical (unpaired) electrons. The van der Waals surface area contributed by atoms with Gasteiger partial charge in [0, 0.05) is 49.7 Å². The number of ether oxygens (including phenoxy) is 1. The number of thiazole rings is 1. The highest BCUT2D eigenvalue weighted by Gasteiger charge is 2.34. The van der Waals surface area contributed by atoms with Crippen molar-refractivity contribution in [2.45, 2.75) is 12.7 Å². The SMILES string of the molecule is COc1ccc(-c2nc(CN3CCN(c4ccc(C(F)(F)F)cc4[N+](=O)[O-])CC3)cs2)cc1. The molecule has 3 aromatic rings. The van der Waals surface area contributed by atoms with Crippen molar-refractivity contribution in [3.05, 3.63) is 69.2 Å². The molecule has 0 saturated carbocycles. The van der Waals surface area contributed by atoms with Crippen LogP contribution in [0.1, 0.15) is 11.3 Å². The summed E-state index contributed by atoms with van der Waals surface area (Å²) in [6.07, 6.45) is -4.62. The number of hydrogen-bond acceptors (Lipinski definition) is 7. The maximum atomic E-state index is 13.0. The lowest BCUT2D eigenvalue weighted by molar-refractivity contribution is -0.384. The Morgan fingerprint density at radius 2 is 1.82 bits per heavy atom. The zero-order chi connectivity index (χ0) is 23.6. The van der Waals surface area contributed by atoms with Crippen molar-refractivity contribution in [3.63, 3.8) is 0 Å². The monoisotopic (exact) mass is 478 g/mol. The Labute approximate surface area is 192 Å². The predicted octanol–water partition coefficient (Wildman–Crippen LogP) is 5.07. The average Bonchev–Trinajstić information content (AvgIpc) is 3.27. The Balaban J connectivity index is 1.39. The molecule has 0 amide bonds. The Morgan fingerprint density at radius 3 is 2.42 bits per heavy atom. The molecule has 2 heterocycles. The van der Waals surface area contributed by atoms with Gasteiger partial charge in [-0.2, -0.15) is 13.2 Å². The van der Waals surface area contributed by atoms with E-state index in [1.807, 2.05) is 29.6 Å². The molecule has 0 bridgehead atoms. The van der Waals surface area contributed by atoms with Gasteiger partial charge in [-0.05, 0) is 36.4 Å². The number of anilines is 1. The van der Waals surface area contributed by atoms with Crippen LogP contribution in [-0.4, -0.2) is 48.1 Å². The lowest BCUT2D eigenvalue weighted by Gasteiger charge is -2.35. The van der Waals surface area contributed by atoms with Crippen molar-refractivity contribution in [2.75, 3.05) is 38.2 Å². The minimum atomic E-state index is -4.62. The van der Waals surface area contributed by atoms with E-state index >= 15 is 0 Å². The summed E-state index contributed by atoms with van der Waals surface area (Å²) in [5, 5.41) is 14.3. The van der Waals surface area contributed by atoms with Gasteiger partial charge in [-0.1, -0.05) is 0 Å². The summed E-state index contributed by atoms with van der Waals surface area (Å²) in [7, 11) is 1.62. The van der Waals surface area contributed by atoms with Crippen LogP contribution in [0.15, 0.2) is 47.8 Å². The van der Waals surface area contributed by atoms with Gasteiger partial charge in [0.1, 0.15) is 16.4 Å². The number of nitrogens with zero attached hydrogens (tertiary/aromatic N) is 4. The number of nitro benzene ring substituents is 1. The molecule has 0 N–H and O–H groups in total. The van der Waals surface area contributed by atoms with Gasteiger partial charge >= 0.3 is 6.18 Å². The van der Waals surface area contributed by atoms with Gasteiger partial charge < -0.3 is 9.64 Å². The number of benzene rings is 2. The van der Waals surface area contributed by atoms with E-state index in [9.17, 15) is 23.3 Å². The smallest absolute Gasteiger partial charge is 0.416 e. The molecule has 1 aliphatic rings. The number of hydrogen-bond donors (Lipinski definition) is 0. The van der Waals surface area contributed by atoms with Crippen molar-refractivity contribution in [1.29, 1.82) is 0 Å². The molecule has 1 aromatic heterocycles. The number of aromatic nitrogens is 1. The highest BCUT2D eigenvalue weighted by Crippen LogP contribution is 2.37. The van der Waals surface area contributed by atoms with Crippen molar-refractivity contribution in [3.8, 4) is 16.3 Å². The van der Waals surface area contributed by atoms with E-state index in [0.717, 1.165) is 28.1 Å². The van der Waals surface area contributed by atoms with Crippen molar-refractivity contribution >= 4 is 22.7 Å². The van der Waals surface area contributed by atoms with Gasteiger partial charge in [0.15, 0.2) is 0 Å². The number of halogens is 3. The fourth-order valence-corrected chi connectivity index (χ4v) is 4.55. The number of methoxy groups -OCH3 is 1. The van der Waals surface area contributed by atoms with E-state index in [1.165, 1.54) is 6.07 Å². The van der Waals surface area contributed by atoms with Crippen molar-refractivity contribution in [2.24, 2.45) is 0 Å². The topological polar surface area (TPSA) is 71.7 Å². The Morgan fingerprint density at radius 1 is 1.12 bits per heavy atom. The quantitative estimate of drug-likeness (QED) is 0.364. The van der Waals surface area contributed by atoms with Gasteiger partial charge in [0.05, 0.1) is 23.3 Å². The molecule has 0 aliphatic carbocycles. The maximum Gasteiger partial charge on any atom is 0.416 e. The van der Waals surface area contributed by atoms with Crippen LogP contribution in [0.3, 0.4) is 0 Å². The number of alkyl halides is 3. The third kappa shape index (κ3) is 5.25. The second kappa shape index (κ2) is 9.36. The zero-order valence-corrected chi connectivity index (χ0v) is 18.5. The first-order chi connectivity index (χ1) is 15.7. The number of piperazine rings is 1. The van der Waals surface area contributed by atoms with E-state index in [0.29, 0.717) is 38.8 Å². The summed E-state index contributed by atoms with van der Waals surface area (Å²) in [5.41, 5.74) is 0.601. The first-order valence-corrected chi connectivity index (χ1v) is 11.0. The summed E-state index contributed by atoms with van der Waals surface area (Å²) in [4.78, 5) is 19.3. The van der Waals surface area contributed by atoms with E-state index in [1.54, 1.807) is 23.3 Å². The van der Waals surface area contributed by atoms with Crippen LogP contribution < -0.4 is 9.64 Å². The average molecular weight is 478 g/mol. The van der Waals surface area contributed by atoms with Gasteiger partial charge in [-0.3, -0.25) is 15.0 Å². The normalized spacial score (nSPS) is 15.0. The molecular weight excluding hydrogens is 457 g/mol. The fraction of sp³-hybridized carbons (Fsp3) is 0.318. The standard InChI is InChI=1S/C22H21F3N4O3S/c1-32-18-5-2-15(3-6-18)21-26-17(14-33-21)13-27-8-10-28(11-9-27)19-7-4-16(22(23,24)25)12-20(19)29(30)31/h2-7,12,14H,8-11,13H2,1H3. The molecule has 2 aromatic carbocycles. The highest BCUT2D eigenvalue weighted by molar-refractivity contribution is 7.13. The van der Waals surface area contributed by atoms with E-state index < -0.39 is 22.4 Å². The van der Waals surface area contributed by atoms with E-state index in [2.05, 4.69) is 4.90 Å². The molecule has 0 atom stereocenters. The minimum Gasteiger partial charge on any atom is -0.497 e. The largest absolute Gasteiger partial charge is 0.497 e. The third-order valence-corrected chi connectivity index (χ3v) is 6.43. The molecule has 0 unspecified atom stereocenters. The van der Waals surface area contributed by atoms with Crippen LogP contribution >= 0.6 is 11.3 Å². The lowest BCUT2D eigenvalue weighted by Crippen LogP contribution is -2.46. The van der Waals surface area contributed by atoms with Crippen molar-refractivity contribution in [1.82, 2.24) is 9.88 Å². The summed E-state index contributed by atoms with van der Waals surface area (Å²) in [5.74, 6) is 0.779. The maximum absolute atomic E-state index is 13.0. The van der Waals surface area contributed by atoms with Gasteiger partial charge in [-0.15, -0.1) is 11.3 Å². The summed E-state index contributed by atoms with van der Waals surface area (Å²) in [6, 6.07) is 10.4. The second-order valence-electron chi connectivity index (χ2n) is 7.59. The van der Waals surface area contributed by atoms with Gasteiger partial charge in [0.25, 0.3) is 5.69 Å². The third-order valence-electron chi connectivity index (χ3n) is 5.49. The van der Waals surface area contributed by atoms with Crippen molar-refractivity contribution < 1.29 is 22.8 Å². The van der Waals surface area contributed by atoms with Crippen LogP contribution in [0.4, 0.5) is 24.5 Å². The second-order valence-corrected chi connectivity index (χ2v) is 8.45. The first kappa shape index (κ1) is 23.0. The minimum absolute atomic E-state index is 0.211. The molecular formula is C22H21F3N4O3S. The highest BCUT2D eigenvalue weighted by atomic mass is 32.1. The summed E-state index contributed by atoms with van der Waals surface area (Å²) in [6.45, 7) is 2.82. The molecule has 7 nitrogen and oxygen atoms in total. The molecule has 174 valence electrons. The number of nitro groups is 1. The molecule has 33 heavy (non-hydrogen) atoms. The molecule has 11 heteroatoms. The molecule has 1 fully saturated rings. The number of rotatable bonds is 6. The Bertz CT molecular complexity index is 1130. The van der Waals surface area contributed by atoms with E-state index in [4.69, 9.17) is 9.72 Å². The van der Waals surface area contributed by atoms with Crippen LogP contribution in [0.25, 0.3) is 10.6 Å². The molecule has 1 saturated heterocycles. The Hall–Kier alpha value is -3.18.